The molecule has 2 fully saturated rings. The summed E-state index contributed by atoms with van der Waals surface area (Å²) in [5, 5.41) is -1.66. The van der Waals surface area contributed by atoms with E-state index in [1.807, 2.05) is 0 Å². The topological polar surface area (TPSA) is 78.9 Å². The van der Waals surface area contributed by atoms with Crippen LogP contribution < -0.4 is 0 Å². The highest BCUT2D eigenvalue weighted by Gasteiger charge is 2.48. The molecule has 24 heavy (non-hydrogen) atoms. The van der Waals surface area contributed by atoms with Gasteiger partial charge in [-0.2, -0.15) is 13.2 Å². The SMILES string of the molecule is COC(=O)CS(=O)(=O)C(CC(F)(F)F)C1CCC2(CC1)OCCO2. The Morgan fingerprint density at radius 3 is 2.25 bits per heavy atom. The lowest BCUT2D eigenvalue weighted by atomic mass is 9.82. The molecule has 1 aliphatic carbocycles. The third-order valence-corrected chi connectivity index (χ3v) is 6.68. The molecular weight excluding hydrogens is 353 g/mol. The van der Waals surface area contributed by atoms with Crippen molar-refractivity contribution in [1.82, 2.24) is 0 Å². The molecule has 1 heterocycles. The van der Waals surface area contributed by atoms with E-state index in [0.29, 0.717) is 26.1 Å². The molecule has 0 radical (unpaired) electrons. The van der Waals surface area contributed by atoms with Gasteiger partial charge in [0.25, 0.3) is 0 Å². The molecule has 0 aromatic heterocycles. The largest absolute Gasteiger partial charge is 0.468 e. The summed E-state index contributed by atoms with van der Waals surface area (Å²) >= 11 is 0. The van der Waals surface area contributed by atoms with Gasteiger partial charge in [-0.3, -0.25) is 4.79 Å². The third-order valence-electron chi connectivity index (χ3n) is 4.57. The predicted molar refractivity (Wildman–Crippen MR) is 76.9 cm³/mol. The summed E-state index contributed by atoms with van der Waals surface area (Å²) in [5.41, 5.74) is 0. The monoisotopic (exact) mass is 374 g/mol. The molecule has 1 saturated carbocycles. The smallest absolute Gasteiger partial charge is 0.390 e. The first kappa shape index (κ1) is 19.5. The fraction of sp³-hybridized carbons (Fsp3) is 0.929. The van der Waals surface area contributed by atoms with E-state index >= 15 is 0 Å². The van der Waals surface area contributed by atoms with Gasteiger partial charge in [0.15, 0.2) is 15.6 Å². The molecule has 0 bridgehead atoms. The summed E-state index contributed by atoms with van der Waals surface area (Å²) in [5.74, 6) is -3.58. The zero-order valence-electron chi connectivity index (χ0n) is 13.3. The summed E-state index contributed by atoms with van der Waals surface area (Å²) in [6.45, 7) is 0.856. The number of alkyl halides is 3. The molecule has 0 N–H and O–H groups in total. The Kier molecular flexibility index (Phi) is 5.81. The molecule has 1 atom stereocenters. The maximum Gasteiger partial charge on any atom is 0.390 e. The molecule has 0 aromatic carbocycles. The highest BCUT2D eigenvalue weighted by molar-refractivity contribution is 7.92. The Balaban J connectivity index is 2.13. The molecule has 1 saturated heterocycles. The Morgan fingerprint density at radius 1 is 1.25 bits per heavy atom. The molecule has 1 unspecified atom stereocenters. The highest BCUT2D eigenvalue weighted by atomic mass is 32.2. The van der Waals surface area contributed by atoms with Crippen LogP contribution >= 0.6 is 0 Å². The van der Waals surface area contributed by atoms with Gasteiger partial charge < -0.3 is 14.2 Å². The number of carbonyl (C=O) groups excluding carboxylic acids is 1. The maximum atomic E-state index is 12.9. The van der Waals surface area contributed by atoms with Gasteiger partial charge in [-0.05, 0) is 18.8 Å². The van der Waals surface area contributed by atoms with Crippen LogP contribution in [0.3, 0.4) is 0 Å². The van der Waals surface area contributed by atoms with Gasteiger partial charge in [-0.1, -0.05) is 0 Å². The maximum absolute atomic E-state index is 12.9. The number of hydrogen-bond donors (Lipinski definition) is 0. The lowest BCUT2D eigenvalue weighted by Crippen LogP contribution is -2.43. The Morgan fingerprint density at radius 2 is 1.79 bits per heavy atom. The molecule has 6 nitrogen and oxygen atoms in total. The molecule has 10 heteroatoms. The van der Waals surface area contributed by atoms with Crippen molar-refractivity contribution >= 4 is 15.8 Å². The first-order chi connectivity index (χ1) is 11.1. The zero-order valence-corrected chi connectivity index (χ0v) is 14.1. The van der Waals surface area contributed by atoms with Crippen molar-refractivity contribution in [2.45, 2.75) is 49.3 Å². The van der Waals surface area contributed by atoms with E-state index in [1.54, 1.807) is 0 Å². The summed E-state index contributed by atoms with van der Waals surface area (Å²) in [6, 6.07) is 0. The predicted octanol–water partition coefficient (Wildman–Crippen LogP) is 1.83. The normalized spacial score (nSPS) is 23.3. The van der Waals surface area contributed by atoms with Gasteiger partial charge in [0.05, 0.1) is 32.0 Å². The summed E-state index contributed by atoms with van der Waals surface area (Å²) in [4.78, 5) is 11.3. The van der Waals surface area contributed by atoms with E-state index in [2.05, 4.69) is 4.74 Å². The molecule has 0 aromatic rings. The minimum atomic E-state index is -4.64. The highest BCUT2D eigenvalue weighted by Crippen LogP contribution is 2.43. The van der Waals surface area contributed by atoms with Crippen LogP contribution in [-0.2, 0) is 28.8 Å². The van der Waals surface area contributed by atoms with E-state index in [9.17, 15) is 26.4 Å². The Hall–Kier alpha value is -0.870. The summed E-state index contributed by atoms with van der Waals surface area (Å²) < 4.78 is 78.6. The molecule has 2 aliphatic rings. The van der Waals surface area contributed by atoms with Crippen LogP contribution in [0.1, 0.15) is 32.1 Å². The molecular formula is C14H21F3O6S. The molecule has 140 valence electrons. The van der Waals surface area contributed by atoms with Crippen molar-refractivity contribution in [3.05, 3.63) is 0 Å². The van der Waals surface area contributed by atoms with Crippen LogP contribution in [0.2, 0.25) is 0 Å². The van der Waals surface area contributed by atoms with Gasteiger partial charge in [0.2, 0.25) is 0 Å². The van der Waals surface area contributed by atoms with Crippen molar-refractivity contribution in [2.24, 2.45) is 5.92 Å². The molecule has 1 aliphatic heterocycles. The second-order valence-corrected chi connectivity index (χ2v) is 8.41. The summed E-state index contributed by atoms with van der Waals surface area (Å²) in [6.07, 6.45) is -4.93. The molecule has 1 spiro atoms. The fourth-order valence-corrected chi connectivity index (χ4v) is 5.34. The van der Waals surface area contributed by atoms with Crippen molar-refractivity contribution in [3.63, 3.8) is 0 Å². The number of ether oxygens (including phenoxy) is 3. The lowest BCUT2D eigenvalue weighted by molar-refractivity contribution is -0.184. The van der Waals surface area contributed by atoms with Crippen LogP contribution in [0, 0.1) is 5.92 Å². The number of rotatable bonds is 5. The second kappa shape index (κ2) is 7.17. The summed E-state index contributed by atoms with van der Waals surface area (Å²) in [7, 11) is -3.28. The minimum absolute atomic E-state index is 0.237. The second-order valence-electron chi connectivity index (χ2n) is 6.19. The van der Waals surface area contributed by atoms with Crippen molar-refractivity contribution < 1.29 is 40.6 Å². The van der Waals surface area contributed by atoms with Crippen LogP contribution in [-0.4, -0.2) is 57.7 Å². The standard InChI is InChI=1S/C14H21F3O6S/c1-21-12(18)9-24(19,20)11(8-14(15,16)17)10-2-4-13(5-3-10)22-6-7-23-13/h10-11H,2-9H2,1H3. The van der Waals surface area contributed by atoms with Crippen LogP contribution in [0.25, 0.3) is 0 Å². The number of halogens is 3. The number of methoxy groups -OCH3 is 1. The van der Waals surface area contributed by atoms with E-state index in [0.717, 1.165) is 7.11 Å². The zero-order chi connectivity index (χ0) is 18.0. The first-order valence-electron chi connectivity index (χ1n) is 7.70. The van der Waals surface area contributed by atoms with Crippen LogP contribution in [0.4, 0.5) is 13.2 Å². The fourth-order valence-electron chi connectivity index (χ4n) is 3.38. The average Bonchev–Trinajstić information content (AvgIpc) is 2.93. The Bertz CT molecular complexity index is 543. The van der Waals surface area contributed by atoms with E-state index in [1.165, 1.54) is 0 Å². The quantitative estimate of drug-likeness (QED) is 0.683. The minimum Gasteiger partial charge on any atom is -0.468 e. The van der Waals surface area contributed by atoms with Gasteiger partial charge in [0, 0.05) is 12.8 Å². The van der Waals surface area contributed by atoms with E-state index < -0.39 is 51.1 Å². The number of esters is 1. The van der Waals surface area contributed by atoms with Gasteiger partial charge in [0.1, 0.15) is 5.75 Å². The third kappa shape index (κ3) is 4.82. The van der Waals surface area contributed by atoms with Gasteiger partial charge >= 0.3 is 12.1 Å². The van der Waals surface area contributed by atoms with Crippen molar-refractivity contribution in [1.29, 1.82) is 0 Å². The Labute approximate surface area is 138 Å². The first-order valence-corrected chi connectivity index (χ1v) is 9.41. The lowest BCUT2D eigenvalue weighted by Gasteiger charge is -2.38. The number of hydrogen-bond acceptors (Lipinski definition) is 6. The van der Waals surface area contributed by atoms with Gasteiger partial charge in [-0.15, -0.1) is 0 Å². The van der Waals surface area contributed by atoms with Crippen LogP contribution in [0.15, 0.2) is 0 Å². The van der Waals surface area contributed by atoms with Gasteiger partial charge in [-0.25, -0.2) is 8.42 Å². The average molecular weight is 374 g/mol. The number of sulfone groups is 1. The van der Waals surface area contributed by atoms with Crippen LogP contribution in [0.5, 0.6) is 0 Å². The van der Waals surface area contributed by atoms with Crippen molar-refractivity contribution in [3.8, 4) is 0 Å². The molecule has 2 rings (SSSR count). The van der Waals surface area contributed by atoms with Crippen molar-refractivity contribution in [2.75, 3.05) is 26.1 Å². The number of carbonyl (C=O) groups is 1. The van der Waals surface area contributed by atoms with E-state index in [4.69, 9.17) is 9.47 Å². The van der Waals surface area contributed by atoms with E-state index in [-0.39, 0.29) is 12.8 Å². The molecule has 0 amide bonds.